The summed E-state index contributed by atoms with van der Waals surface area (Å²) in [6, 6.07) is 4.33. The van der Waals surface area contributed by atoms with Gasteiger partial charge in [0.1, 0.15) is 0 Å². The third-order valence-corrected chi connectivity index (χ3v) is 5.09. The van der Waals surface area contributed by atoms with Crippen molar-refractivity contribution >= 4 is 21.4 Å². The third kappa shape index (κ3) is 4.35. The van der Waals surface area contributed by atoms with Crippen molar-refractivity contribution in [1.29, 1.82) is 0 Å². The Morgan fingerprint density at radius 2 is 2.17 bits per heavy atom. The van der Waals surface area contributed by atoms with Crippen molar-refractivity contribution < 1.29 is 8.42 Å². The highest BCUT2D eigenvalue weighted by atomic mass is 32.2. The Hall–Kier alpha value is -0.430. The topological polar surface area (TPSA) is 49.4 Å². The van der Waals surface area contributed by atoms with Crippen LogP contribution in [0.3, 0.4) is 0 Å². The molecule has 2 rings (SSSR count). The highest BCUT2D eigenvalue weighted by Gasteiger charge is 2.20. The summed E-state index contributed by atoms with van der Waals surface area (Å²) in [5, 5.41) is 2.14. The van der Waals surface area contributed by atoms with Gasteiger partial charge in [0.2, 0.25) is 10.0 Å². The van der Waals surface area contributed by atoms with Crippen LogP contribution >= 0.6 is 11.3 Å². The summed E-state index contributed by atoms with van der Waals surface area (Å²) in [5.74, 6) is 0.698. The number of rotatable bonds is 5. The standard InChI is InChI=1S/C12H20N2O2S2/c1-18(15,16)13-6-9-14-7-4-11(5-8-14)12-3-2-10-17-12/h2-3,10-11,13H,4-9H2,1H3. The molecule has 1 aromatic heterocycles. The molecule has 0 unspecified atom stereocenters. The second-order valence-corrected chi connectivity index (χ2v) is 7.61. The molecular formula is C12H20N2O2S2. The number of hydrogen-bond donors (Lipinski definition) is 1. The number of thiophene rings is 1. The SMILES string of the molecule is CS(=O)(=O)NCCN1CCC(c2cccs2)CC1. The van der Waals surface area contributed by atoms with E-state index in [1.165, 1.54) is 24.0 Å². The first kappa shape index (κ1) is 14.0. The van der Waals surface area contributed by atoms with Gasteiger partial charge in [-0.05, 0) is 43.3 Å². The Balaban J connectivity index is 1.71. The lowest BCUT2D eigenvalue weighted by atomic mass is 9.95. The summed E-state index contributed by atoms with van der Waals surface area (Å²) in [4.78, 5) is 3.83. The zero-order valence-corrected chi connectivity index (χ0v) is 12.3. The first-order valence-electron chi connectivity index (χ1n) is 6.25. The predicted molar refractivity (Wildman–Crippen MR) is 75.6 cm³/mol. The first-order valence-corrected chi connectivity index (χ1v) is 9.02. The molecule has 0 spiro atoms. The lowest BCUT2D eigenvalue weighted by molar-refractivity contribution is 0.217. The van der Waals surface area contributed by atoms with E-state index in [0.717, 1.165) is 19.6 Å². The van der Waals surface area contributed by atoms with Gasteiger partial charge < -0.3 is 4.90 Å². The van der Waals surface area contributed by atoms with Crippen LogP contribution in [0.25, 0.3) is 0 Å². The van der Waals surface area contributed by atoms with Gasteiger partial charge >= 0.3 is 0 Å². The smallest absolute Gasteiger partial charge is 0.208 e. The molecule has 1 fully saturated rings. The Labute approximate surface area is 113 Å². The van der Waals surface area contributed by atoms with E-state index < -0.39 is 10.0 Å². The molecule has 0 bridgehead atoms. The number of sulfonamides is 1. The van der Waals surface area contributed by atoms with Crippen molar-refractivity contribution in [3.63, 3.8) is 0 Å². The fraction of sp³-hybridized carbons (Fsp3) is 0.667. The van der Waals surface area contributed by atoms with Gasteiger partial charge in [-0.3, -0.25) is 0 Å². The molecule has 0 radical (unpaired) electrons. The molecule has 0 aliphatic carbocycles. The van der Waals surface area contributed by atoms with E-state index in [-0.39, 0.29) is 0 Å². The van der Waals surface area contributed by atoms with E-state index in [1.807, 2.05) is 11.3 Å². The van der Waals surface area contributed by atoms with Crippen LogP contribution in [0, 0.1) is 0 Å². The average molecular weight is 288 g/mol. The molecule has 1 aliphatic heterocycles. The minimum atomic E-state index is -3.05. The van der Waals surface area contributed by atoms with Gasteiger partial charge in [0.05, 0.1) is 6.26 Å². The maximum atomic E-state index is 11.0. The summed E-state index contributed by atoms with van der Waals surface area (Å²) >= 11 is 1.84. The van der Waals surface area contributed by atoms with Crippen LogP contribution in [-0.4, -0.2) is 45.8 Å². The molecule has 1 N–H and O–H groups in total. The van der Waals surface area contributed by atoms with Gasteiger partial charge in [-0.25, -0.2) is 13.1 Å². The zero-order chi connectivity index (χ0) is 13.0. The van der Waals surface area contributed by atoms with Crippen LogP contribution in [0.4, 0.5) is 0 Å². The number of nitrogens with zero attached hydrogens (tertiary/aromatic N) is 1. The number of likely N-dealkylation sites (tertiary alicyclic amines) is 1. The highest BCUT2D eigenvalue weighted by molar-refractivity contribution is 7.88. The van der Waals surface area contributed by atoms with Crippen molar-refractivity contribution in [2.75, 3.05) is 32.4 Å². The molecule has 1 aromatic rings. The van der Waals surface area contributed by atoms with Crippen molar-refractivity contribution in [3.05, 3.63) is 22.4 Å². The lowest BCUT2D eigenvalue weighted by Crippen LogP contribution is -2.38. The highest BCUT2D eigenvalue weighted by Crippen LogP contribution is 2.30. The molecule has 6 heteroatoms. The van der Waals surface area contributed by atoms with Crippen molar-refractivity contribution in [2.45, 2.75) is 18.8 Å². The number of nitrogens with one attached hydrogen (secondary N) is 1. The quantitative estimate of drug-likeness (QED) is 0.893. The summed E-state index contributed by atoms with van der Waals surface area (Å²) < 4.78 is 24.4. The fourth-order valence-electron chi connectivity index (χ4n) is 2.35. The summed E-state index contributed by atoms with van der Waals surface area (Å²) in [6.07, 6.45) is 3.56. The Kier molecular flexibility index (Phi) is 4.77. The van der Waals surface area contributed by atoms with Crippen molar-refractivity contribution in [1.82, 2.24) is 9.62 Å². The van der Waals surface area contributed by atoms with Crippen LogP contribution in [0.5, 0.6) is 0 Å². The van der Waals surface area contributed by atoms with E-state index in [1.54, 1.807) is 0 Å². The molecule has 4 nitrogen and oxygen atoms in total. The van der Waals surface area contributed by atoms with E-state index in [4.69, 9.17) is 0 Å². The predicted octanol–water partition coefficient (Wildman–Crippen LogP) is 1.48. The Bertz CT molecular complexity index is 448. The normalized spacial score (nSPS) is 19.2. The van der Waals surface area contributed by atoms with Crippen LogP contribution < -0.4 is 4.72 Å². The van der Waals surface area contributed by atoms with E-state index in [9.17, 15) is 8.42 Å². The average Bonchev–Trinajstić information content (AvgIpc) is 2.82. The number of piperidine rings is 1. The van der Waals surface area contributed by atoms with Gasteiger partial charge in [0.25, 0.3) is 0 Å². The van der Waals surface area contributed by atoms with E-state index >= 15 is 0 Å². The van der Waals surface area contributed by atoms with Crippen molar-refractivity contribution in [2.24, 2.45) is 0 Å². The number of hydrogen-bond acceptors (Lipinski definition) is 4. The second-order valence-electron chi connectivity index (χ2n) is 4.80. The van der Waals surface area contributed by atoms with Crippen LogP contribution in [0.2, 0.25) is 0 Å². The van der Waals surface area contributed by atoms with Gasteiger partial charge in [0.15, 0.2) is 0 Å². The Morgan fingerprint density at radius 3 is 2.72 bits per heavy atom. The monoisotopic (exact) mass is 288 g/mol. The van der Waals surface area contributed by atoms with Gasteiger partial charge in [-0.1, -0.05) is 6.07 Å². The second kappa shape index (κ2) is 6.14. The van der Waals surface area contributed by atoms with Crippen LogP contribution in [0.15, 0.2) is 17.5 Å². The molecular weight excluding hydrogens is 268 g/mol. The summed E-state index contributed by atoms with van der Waals surface area (Å²) in [7, 11) is -3.05. The third-order valence-electron chi connectivity index (χ3n) is 3.33. The minimum Gasteiger partial charge on any atom is -0.302 e. The van der Waals surface area contributed by atoms with E-state index in [2.05, 4.69) is 27.1 Å². The van der Waals surface area contributed by atoms with Gasteiger partial charge in [-0.2, -0.15) is 0 Å². The van der Waals surface area contributed by atoms with Crippen LogP contribution in [-0.2, 0) is 10.0 Å². The van der Waals surface area contributed by atoms with Crippen molar-refractivity contribution in [3.8, 4) is 0 Å². The zero-order valence-electron chi connectivity index (χ0n) is 10.6. The van der Waals surface area contributed by atoms with Gasteiger partial charge in [0, 0.05) is 18.0 Å². The maximum Gasteiger partial charge on any atom is 0.208 e. The lowest BCUT2D eigenvalue weighted by Gasteiger charge is -2.31. The molecule has 1 saturated heterocycles. The van der Waals surface area contributed by atoms with Gasteiger partial charge in [-0.15, -0.1) is 11.3 Å². The first-order chi connectivity index (χ1) is 8.54. The van der Waals surface area contributed by atoms with Crippen LogP contribution in [0.1, 0.15) is 23.6 Å². The molecule has 18 heavy (non-hydrogen) atoms. The molecule has 1 aliphatic rings. The van der Waals surface area contributed by atoms with E-state index in [0.29, 0.717) is 12.5 Å². The maximum absolute atomic E-state index is 11.0. The molecule has 2 heterocycles. The summed E-state index contributed by atoms with van der Waals surface area (Å²) in [6.45, 7) is 3.45. The largest absolute Gasteiger partial charge is 0.302 e. The fourth-order valence-corrected chi connectivity index (χ4v) is 3.72. The molecule has 0 atom stereocenters. The molecule has 102 valence electrons. The molecule has 0 aromatic carbocycles. The molecule has 0 saturated carbocycles. The summed E-state index contributed by atoms with van der Waals surface area (Å²) in [5.41, 5.74) is 0. The minimum absolute atomic E-state index is 0.516. The molecule has 0 amide bonds. The Morgan fingerprint density at radius 1 is 1.44 bits per heavy atom.